The third-order valence-electron chi connectivity index (χ3n) is 7.73. The number of esters is 1. The third kappa shape index (κ3) is 9.33. The summed E-state index contributed by atoms with van der Waals surface area (Å²) in [5.74, 6) is -0.527. The zero-order valence-corrected chi connectivity index (χ0v) is 24.8. The largest absolute Gasteiger partial charge is 0.459 e. The molecular weight excluding hydrogens is 546 g/mol. The molecule has 1 aliphatic heterocycles. The highest BCUT2D eigenvalue weighted by atomic mass is 32.1. The number of aryl methyl sites for hydroxylation is 1. The van der Waals surface area contributed by atoms with Crippen LogP contribution < -0.4 is 4.90 Å². The fourth-order valence-corrected chi connectivity index (χ4v) is 6.09. The lowest BCUT2D eigenvalue weighted by atomic mass is 10.0. The molecule has 6 atom stereocenters. The van der Waals surface area contributed by atoms with E-state index in [-0.39, 0.29) is 18.4 Å². The Morgan fingerprint density at radius 2 is 1.68 bits per heavy atom. The van der Waals surface area contributed by atoms with Crippen LogP contribution in [-0.2, 0) is 16.0 Å². The van der Waals surface area contributed by atoms with E-state index in [9.17, 15) is 35.1 Å². The molecule has 0 aliphatic carbocycles. The molecule has 1 aliphatic rings. The number of rotatable bonds is 17. The number of hydrogen-bond acceptors (Lipinski definition) is 9. The number of hydrogen-bond donors (Lipinski definition) is 5. The molecule has 5 N–H and O–H groups in total. The predicted molar refractivity (Wildman–Crippen MR) is 158 cm³/mol. The lowest BCUT2D eigenvalue weighted by Crippen LogP contribution is -2.46. The number of unbranched alkanes of at least 4 members (excludes halogenated alkanes) is 2. The molecule has 0 radical (unpaired) electrons. The van der Waals surface area contributed by atoms with Crippen molar-refractivity contribution in [1.82, 2.24) is 0 Å². The molecule has 1 aromatic carbocycles. The summed E-state index contributed by atoms with van der Waals surface area (Å²) < 4.78 is 5.10. The van der Waals surface area contributed by atoms with Crippen molar-refractivity contribution in [2.24, 2.45) is 0 Å². The first-order valence-electron chi connectivity index (χ1n) is 14.7. The quantitative estimate of drug-likeness (QED) is 0.138. The molecular formula is C31H45NO8S. The van der Waals surface area contributed by atoms with E-state index in [1.807, 2.05) is 35.2 Å². The number of benzene rings is 1. The van der Waals surface area contributed by atoms with Crippen molar-refractivity contribution in [2.45, 2.75) is 115 Å². The molecule has 9 nitrogen and oxygen atoms in total. The predicted octanol–water partition coefficient (Wildman–Crippen LogP) is 3.89. The monoisotopic (exact) mass is 591 g/mol. The highest BCUT2D eigenvalue weighted by Gasteiger charge is 2.32. The van der Waals surface area contributed by atoms with Crippen LogP contribution in [0.25, 0.3) is 0 Å². The van der Waals surface area contributed by atoms with Gasteiger partial charge in [-0.05, 0) is 68.4 Å². The van der Waals surface area contributed by atoms with Gasteiger partial charge < -0.3 is 35.2 Å². The summed E-state index contributed by atoms with van der Waals surface area (Å²) in [4.78, 5) is 28.4. The van der Waals surface area contributed by atoms with Crippen molar-refractivity contribution in [2.75, 3.05) is 11.5 Å². The fourth-order valence-electron chi connectivity index (χ4n) is 5.14. The number of ether oxygens (including phenoxy) is 1. The van der Waals surface area contributed by atoms with Gasteiger partial charge >= 0.3 is 5.97 Å². The second-order valence-corrected chi connectivity index (χ2v) is 12.0. The molecule has 0 spiro atoms. The Labute approximate surface area is 246 Å². The fraction of sp³-hybridized carbons (Fsp3) is 0.613. The molecule has 3 rings (SSSR count). The first-order valence-corrected chi connectivity index (χ1v) is 15.6. The maximum absolute atomic E-state index is 12.7. The summed E-state index contributed by atoms with van der Waals surface area (Å²) in [5.41, 5.74) is 1.73. The van der Waals surface area contributed by atoms with E-state index in [0.717, 1.165) is 67.5 Å². The van der Waals surface area contributed by atoms with Crippen LogP contribution in [0, 0.1) is 0 Å². The zero-order valence-electron chi connectivity index (χ0n) is 24.0. The number of aliphatic hydroxyl groups is 5. The molecule has 1 amide bonds. The summed E-state index contributed by atoms with van der Waals surface area (Å²) in [5, 5.41) is 49.9. The number of nitrogens with zero attached hydrogens (tertiary/aromatic N) is 1. The molecule has 0 unspecified atom stereocenters. The van der Waals surface area contributed by atoms with E-state index in [4.69, 9.17) is 4.74 Å². The molecule has 2 aromatic rings. The van der Waals surface area contributed by atoms with Crippen LogP contribution in [0.5, 0.6) is 0 Å². The number of anilines is 1. The lowest BCUT2D eigenvalue weighted by molar-refractivity contribution is -0.117. The number of thiophene rings is 1. The highest BCUT2D eigenvalue weighted by molar-refractivity contribution is 7.13. The van der Waals surface area contributed by atoms with E-state index in [1.54, 1.807) is 13.0 Å². The van der Waals surface area contributed by atoms with Crippen LogP contribution in [0.4, 0.5) is 5.69 Å². The Balaban J connectivity index is 1.47. The van der Waals surface area contributed by atoms with Gasteiger partial charge in [-0.3, -0.25) is 4.79 Å². The van der Waals surface area contributed by atoms with E-state index in [2.05, 4.69) is 6.92 Å². The maximum Gasteiger partial charge on any atom is 0.348 e. The molecule has 1 saturated heterocycles. The highest BCUT2D eigenvalue weighted by Crippen LogP contribution is 2.31. The normalized spacial score (nSPS) is 19.1. The molecule has 0 bridgehead atoms. The average Bonchev–Trinajstić information content (AvgIpc) is 3.61. The van der Waals surface area contributed by atoms with Gasteiger partial charge in [-0.1, -0.05) is 45.2 Å². The number of carbonyl (C=O) groups excluding carboxylic acids is 2. The van der Waals surface area contributed by atoms with Crippen molar-refractivity contribution >= 4 is 28.9 Å². The minimum Gasteiger partial charge on any atom is -0.459 e. The summed E-state index contributed by atoms with van der Waals surface area (Å²) in [6, 6.07) is 11.3. The van der Waals surface area contributed by atoms with Crippen molar-refractivity contribution in [3.05, 3.63) is 51.7 Å². The van der Waals surface area contributed by atoms with Crippen molar-refractivity contribution in [1.29, 1.82) is 0 Å². The summed E-state index contributed by atoms with van der Waals surface area (Å²) >= 11 is 1.29. The number of carbonyl (C=O) groups is 2. The van der Waals surface area contributed by atoms with Crippen LogP contribution in [0.2, 0.25) is 0 Å². The standard InChI is InChI=1S/C31H45NO8S/c1-3-5-6-10-25(34)20-11-13-22(14-12-20)32-21(15-18-28(32)36)8-7-9-23-16-17-27(41-23)31(39)40-19-26(35)30(38)29(37)24(33)4-2/h11-14,16-17,21,24-26,29-30,33-35,37-38H,3-10,15,18-19H2,1-2H3/t21-,24-,25-,26-,29-,30+/m0/s1. The maximum atomic E-state index is 12.7. The summed E-state index contributed by atoms with van der Waals surface area (Å²) in [6.45, 7) is 3.26. The van der Waals surface area contributed by atoms with Crippen molar-refractivity contribution in [3.8, 4) is 0 Å². The van der Waals surface area contributed by atoms with Crippen LogP contribution in [-0.4, -0.2) is 74.5 Å². The molecule has 1 fully saturated rings. The van der Waals surface area contributed by atoms with Gasteiger partial charge in [-0.15, -0.1) is 11.3 Å². The molecule has 2 heterocycles. The van der Waals surface area contributed by atoms with Crippen LogP contribution in [0.15, 0.2) is 36.4 Å². The van der Waals surface area contributed by atoms with Gasteiger partial charge in [-0.2, -0.15) is 0 Å². The first-order chi connectivity index (χ1) is 19.7. The van der Waals surface area contributed by atoms with E-state index in [1.165, 1.54) is 11.3 Å². The van der Waals surface area contributed by atoms with Gasteiger partial charge in [0.05, 0.1) is 12.2 Å². The SMILES string of the molecule is CCCCC[C@H](O)c1ccc(N2C(=O)CC[C@@H]2CCCc2ccc(C(=O)OC[C@H](O)[C@@H](O)[C@@H](O)[C@@H](O)CC)s2)cc1. The van der Waals surface area contributed by atoms with Crippen LogP contribution in [0.1, 0.15) is 97.9 Å². The van der Waals surface area contributed by atoms with Crippen molar-refractivity contribution < 1.29 is 39.9 Å². The Hall–Kier alpha value is -2.34. The molecule has 228 valence electrons. The number of aliphatic hydroxyl groups excluding tert-OH is 5. The lowest BCUT2D eigenvalue weighted by Gasteiger charge is -2.25. The Bertz CT molecular complexity index is 1090. The Morgan fingerprint density at radius 1 is 0.976 bits per heavy atom. The zero-order chi connectivity index (χ0) is 29.9. The molecule has 1 aromatic heterocycles. The van der Waals surface area contributed by atoms with Gasteiger partial charge in [-0.25, -0.2) is 4.79 Å². The smallest absolute Gasteiger partial charge is 0.348 e. The average molecular weight is 592 g/mol. The van der Waals surface area contributed by atoms with Crippen LogP contribution >= 0.6 is 11.3 Å². The van der Waals surface area contributed by atoms with Crippen LogP contribution in [0.3, 0.4) is 0 Å². The minimum absolute atomic E-state index is 0.0988. The van der Waals surface area contributed by atoms with E-state index < -0.39 is 43.1 Å². The second kappa shape index (κ2) is 16.3. The molecule has 0 saturated carbocycles. The van der Waals surface area contributed by atoms with Gasteiger partial charge in [0, 0.05) is 23.0 Å². The molecule has 41 heavy (non-hydrogen) atoms. The Morgan fingerprint density at radius 3 is 2.37 bits per heavy atom. The minimum atomic E-state index is -1.64. The van der Waals surface area contributed by atoms with Gasteiger partial charge in [0.25, 0.3) is 0 Å². The Kier molecular flexibility index (Phi) is 13.2. The second-order valence-electron chi connectivity index (χ2n) is 10.8. The molecule has 10 heteroatoms. The summed E-state index contributed by atoms with van der Waals surface area (Å²) in [6.07, 6.45) is 1.44. The third-order valence-corrected chi connectivity index (χ3v) is 8.85. The summed E-state index contributed by atoms with van der Waals surface area (Å²) in [7, 11) is 0. The van der Waals surface area contributed by atoms with E-state index >= 15 is 0 Å². The van der Waals surface area contributed by atoms with Gasteiger partial charge in [0.2, 0.25) is 5.91 Å². The first kappa shape index (κ1) is 33.2. The number of amides is 1. The van der Waals surface area contributed by atoms with E-state index in [0.29, 0.717) is 11.3 Å². The van der Waals surface area contributed by atoms with Crippen molar-refractivity contribution in [3.63, 3.8) is 0 Å². The van der Waals surface area contributed by atoms with Gasteiger partial charge in [0.15, 0.2) is 0 Å². The topological polar surface area (TPSA) is 148 Å². The van der Waals surface area contributed by atoms with Gasteiger partial charge in [0.1, 0.15) is 29.8 Å².